The zero-order valence-electron chi connectivity index (χ0n) is 11.8. The van der Waals surface area contributed by atoms with Gasteiger partial charge >= 0.3 is 0 Å². The highest BCUT2D eigenvalue weighted by atomic mass is 15.2. The molecule has 3 heteroatoms. The third-order valence-electron chi connectivity index (χ3n) is 2.82. The molecule has 0 aliphatic carbocycles. The van der Waals surface area contributed by atoms with Gasteiger partial charge in [-0.05, 0) is 24.5 Å². The summed E-state index contributed by atoms with van der Waals surface area (Å²) in [6, 6.07) is 4.73. The number of rotatable bonds is 8. The van der Waals surface area contributed by atoms with Crippen molar-refractivity contribution in [3.63, 3.8) is 0 Å². The van der Waals surface area contributed by atoms with Crippen molar-refractivity contribution < 1.29 is 0 Å². The molecule has 18 heavy (non-hydrogen) atoms. The first-order chi connectivity index (χ1) is 8.63. The second-order valence-corrected chi connectivity index (χ2v) is 4.91. The van der Waals surface area contributed by atoms with Gasteiger partial charge in [0.25, 0.3) is 0 Å². The number of pyridine rings is 1. The molecule has 1 heterocycles. The number of hydrogen-bond acceptors (Lipinski definition) is 3. The van der Waals surface area contributed by atoms with Crippen molar-refractivity contribution in [1.29, 1.82) is 0 Å². The molecular weight excluding hydrogens is 222 g/mol. The molecule has 0 aliphatic rings. The maximum atomic E-state index is 4.50. The van der Waals surface area contributed by atoms with Crippen molar-refractivity contribution in [2.75, 3.05) is 18.5 Å². The van der Waals surface area contributed by atoms with Crippen LogP contribution in [0.2, 0.25) is 0 Å². The van der Waals surface area contributed by atoms with E-state index >= 15 is 0 Å². The van der Waals surface area contributed by atoms with Crippen LogP contribution in [0.4, 0.5) is 5.82 Å². The van der Waals surface area contributed by atoms with Crippen molar-refractivity contribution >= 4 is 5.82 Å². The number of nitrogens with zero attached hydrogens (tertiary/aromatic N) is 2. The smallest absolute Gasteiger partial charge is 0.128 e. The molecule has 1 aromatic heterocycles. The minimum atomic E-state index is 0.506. The largest absolute Gasteiger partial charge is 0.360 e. The van der Waals surface area contributed by atoms with Crippen LogP contribution in [0, 0.1) is 0 Å². The van der Waals surface area contributed by atoms with E-state index in [4.69, 9.17) is 0 Å². The van der Waals surface area contributed by atoms with Gasteiger partial charge in [-0.1, -0.05) is 26.0 Å². The molecule has 1 aromatic rings. The van der Waals surface area contributed by atoms with E-state index in [2.05, 4.69) is 54.8 Å². The molecule has 0 aromatic carbocycles. The van der Waals surface area contributed by atoms with Gasteiger partial charge in [-0.15, -0.1) is 6.58 Å². The van der Waals surface area contributed by atoms with Crippen LogP contribution in [0.25, 0.3) is 0 Å². The molecule has 0 spiro atoms. The molecule has 3 nitrogen and oxygen atoms in total. The minimum Gasteiger partial charge on any atom is -0.360 e. The van der Waals surface area contributed by atoms with Crippen LogP contribution in [0.15, 0.2) is 31.0 Å². The van der Waals surface area contributed by atoms with Crippen molar-refractivity contribution in [3.8, 4) is 0 Å². The van der Waals surface area contributed by atoms with Crippen molar-refractivity contribution in [2.24, 2.45) is 0 Å². The summed E-state index contributed by atoms with van der Waals surface area (Å²) in [5.41, 5.74) is 1.23. The topological polar surface area (TPSA) is 28.2 Å². The third-order valence-corrected chi connectivity index (χ3v) is 2.82. The van der Waals surface area contributed by atoms with Gasteiger partial charge < -0.3 is 10.2 Å². The van der Waals surface area contributed by atoms with Gasteiger partial charge in [0.2, 0.25) is 0 Å². The third kappa shape index (κ3) is 5.32. The first kappa shape index (κ1) is 14.7. The number of hydrogen-bond donors (Lipinski definition) is 1. The fraction of sp³-hybridized carbons (Fsp3) is 0.533. The average molecular weight is 247 g/mol. The van der Waals surface area contributed by atoms with E-state index in [9.17, 15) is 0 Å². The highest BCUT2D eigenvalue weighted by Crippen LogP contribution is 2.10. The van der Waals surface area contributed by atoms with E-state index in [1.165, 1.54) is 5.56 Å². The normalized spacial score (nSPS) is 10.7. The summed E-state index contributed by atoms with van der Waals surface area (Å²) in [6.07, 6.45) is 6.09. The molecule has 0 fully saturated rings. The number of unbranched alkanes of at least 4 members (excludes halogenated alkanes) is 1. The molecule has 0 saturated heterocycles. The first-order valence-corrected chi connectivity index (χ1v) is 6.64. The van der Waals surface area contributed by atoms with Gasteiger partial charge in [0.05, 0.1) is 0 Å². The quantitative estimate of drug-likeness (QED) is 0.565. The summed E-state index contributed by atoms with van der Waals surface area (Å²) in [5.74, 6) is 1.03. The van der Waals surface area contributed by atoms with Crippen LogP contribution in [-0.2, 0) is 6.54 Å². The number of nitrogens with one attached hydrogen (secondary N) is 1. The zero-order chi connectivity index (χ0) is 13.4. The first-order valence-electron chi connectivity index (χ1n) is 6.64. The second-order valence-electron chi connectivity index (χ2n) is 4.91. The SMILES string of the molecule is C=CCCCN(C)c1ccc(CNC(C)C)cn1. The van der Waals surface area contributed by atoms with E-state index in [0.29, 0.717) is 6.04 Å². The maximum Gasteiger partial charge on any atom is 0.128 e. The van der Waals surface area contributed by atoms with Crippen LogP contribution in [0.5, 0.6) is 0 Å². The zero-order valence-corrected chi connectivity index (χ0v) is 11.8. The van der Waals surface area contributed by atoms with Gasteiger partial charge in [0, 0.05) is 32.4 Å². The minimum absolute atomic E-state index is 0.506. The number of aromatic nitrogens is 1. The predicted octanol–water partition coefficient (Wildman–Crippen LogP) is 2.98. The standard InChI is InChI=1S/C15H25N3/c1-5-6-7-10-18(4)15-9-8-14(12-17-15)11-16-13(2)3/h5,8-9,12-13,16H,1,6-7,10-11H2,2-4H3. The van der Waals surface area contributed by atoms with E-state index in [1.807, 2.05) is 12.3 Å². The Morgan fingerprint density at radius 1 is 1.44 bits per heavy atom. The lowest BCUT2D eigenvalue weighted by molar-refractivity contribution is 0.588. The lowest BCUT2D eigenvalue weighted by Crippen LogP contribution is -2.22. The average Bonchev–Trinajstić information content (AvgIpc) is 2.37. The highest BCUT2D eigenvalue weighted by molar-refractivity contribution is 5.38. The number of anilines is 1. The number of allylic oxidation sites excluding steroid dienone is 1. The Morgan fingerprint density at radius 3 is 2.78 bits per heavy atom. The summed E-state index contributed by atoms with van der Waals surface area (Å²) in [4.78, 5) is 6.68. The fourth-order valence-corrected chi connectivity index (χ4v) is 1.66. The summed E-state index contributed by atoms with van der Waals surface area (Å²) in [7, 11) is 2.08. The Labute approximate surface area is 111 Å². The maximum absolute atomic E-state index is 4.50. The van der Waals surface area contributed by atoms with Crippen LogP contribution in [0.3, 0.4) is 0 Å². The van der Waals surface area contributed by atoms with E-state index in [-0.39, 0.29) is 0 Å². The molecule has 1 N–H and O–H groups in total. The summed E-state index contributed by atoms with van der Waals surface area (Å²) >= 11 is 0. The Balaban J connectivity index is 2.45. The molecule has 0 saturated carbocycles. The van der Waals surface area contributed by atoms with E-state index in [0.717, 1.165) is 31.7 Å². The molecule has 0 bridgehead atoms. The molecular formula is C15H25N3. The van der Waals surface area contributed by atoms with Gasteiger partial charge in [-0.3, -0.25) is 0 Å². The van der Waals surface area contributed by atoms with Crippen LogP contribution in [0.1, 0.15) is 32.3 Å². The van der Waals surface area contributed by atoms with E-state index < -0.39 is 0 Å². The lowest BCUT2D eigenvalue weighted by Gasteiger charge is -2.18. The second kappa shape index (κ2) is 7.88. The summed E-state index contributed by atoms with van der Waals surface area (Å²) in [5, 5.41) is 3.39. The lowest BCUT2D eigenvalue weighted by atomic mass is 10.2. The Morgan fingerprint density at radius 2 is 2.22 bits per heavy atom. The Kier molecular flexibility index (Phi) is 6.44. The van der Waals surface area contributed by atoms with Gasteiger partial charge in [-0.2, -0.15) is 0 Å². The van der Waals surface area contributed by atoms with Crippen molar-refractivity contribution in [1.82, 2.24) is 10.3 Å². The van der Waals surface area contributed by atoms with Gasteiger partial charge in [-0.25, -0.2) is 4.98 Å². The fourth-order valence-electron chi connectivity index (χ4n) is 1.66. The van der Waals surface area contributed by atoms with Gasteiger partial charge in [0.15, 0.2) is 0 Å². The highest BCUT2D eigenvalue weighted by Gasteiger charge is 2.02. The van der Waals surface area contributed by atoms with Crippen LogP contribution >= 0.6 is 0 Å². The van der Waals surface area contributed by atoms with Crippen molar-refractivity contribution in [3.05, 3.63) is 36.5 Å². The molecule has 1 rings (SSSR count). The molecule has 0 atom stereocenters. The monoisotopic (exact) mass is 247 g/mol. The van der Waals surface area contributed by atoms with E-state index in [1.54, 1.807) is 0 Å². The molecule has 100 valence electrons. The molecule has 0 radical (unpaired) electrons. The predicted molar refractivity (Wildman–Crippen MR) is 78.9 cm³/mol. The Hall–Kier alpha value is -1.35. The molecule has 0 unspecified atom stereocenters. The Bertz CT molecular complexity index is 343. The summed E-state index contributed by atoms with van der Waals surface area (Å²) in [6.45, 7) is 9.93. The summed E-state index contributed by atoms with van der Waals surface area (Å²) < 4.78 is 0. The van der Waals surface area contributed by atoms with Crippen LogP contribution in [-0.4, -0.2) is 24.6 Å². The van der Waals surface area contributed by atoms with Crippen LogP contribution < -0.4 is 10.2 Å². The molecule has 0 amide bonds. The van der Waals surface area contributed by atoms with Crippen molar-refractivity contribution in [2.45, 2.75) is 39.3 Å². The van der Waals surface area contributed by atoms with Gasteiger partial charge in [0.1, 0.15) is 5.82 Å². The molecule has 0 aliphatic heterocycles.